The number of carboxylic acids is 1. The van der Waals surface area contributed by atoms with Crippen molar-refractivity contribution in [3.63, 3.8) is 0 Å². The molecule has 3 atom stereocenters. The third kappa shape index (κ3) is 3.04. The second kappa shape index (κ2) is 6.10. The number of aryl methyl sites for hydroxylation is 1. The Hall–Kier alpha value is -1.94. The van der Waals surface area contributed by atoms with Crippen LogP contribution >= 0.6 is 0 Å². The average molecular weight is 370 g/mol. The maximum atomic E-state index is 12.6. The van der Waals surface area contributed by atoms with Gasteiger partial charge < -0.3 is 10.0 Å². The molecule has 1 unspecified atom stereocenters. The van der Waals surface area contributed by atoms with Crippen molar-refractivity contribution in [2.45, 2.75) is 37.1 Å². The predicted octanol–water partition coefficient (Wildman–Crippen LogP) is -0.200. The minimum atomic E-state index is -3.86. The molecule has 1 aliphatic heterocycles. The Morgan fingerprint density at radius 1 is 1.48 bits per heavy atom. The van der Waals surface area contributed by atoms with Crippen molar-refractivity contribution in [1.29, 1.82) is 0 Å². The molecule has 0 radical (unpaired) electrons. The number of fused-ring (bicyclic) bond motifs is 1. The summed E-state index contributed by atoms with van der Waals surface area (Å²) in [5.41, 5.74) is -0.877. The second-order valence-corrected chi connectivity index (χ2v) is 8.68. The van der Waals surface area contributed by atoms with Gasteiger partial charge in [0.25, 0.3) is 0 Å². The van der Waals surface area contributed by atoms with Crippen molar-refractivity contribution in [3.8, 4) is 0 Å². The van der Waals surface area contributed by atoms with Crippen molar-refractivity contribution in [2.75, 3.05) is 13.1 Å². The summed E-state index contributed by atoms with van der Waals surface area (Å²) in [5.74, 6) is -1.33. The molecule has 0 aromatic carbocycles. The maximum Gasteiger partial charge on any atom is 0.311 e. The molecule has 1 saturated carbocycles. The smallest absolute Gasteiger partial charge is 0.311 e. The molecular formula is C15H22N4O5S. The van der Waals surface area contributed by atoms with Crippen LogP contribution in [0.25, 0.3) is 0 Å². The van der Waals surface area contributed by atoms with Gasteiger partial charge in [-0.1, -0.05) is 6.42 Å². The van der Waals surface area contributed by atoms with Gasteiger partial charge in [0.2, 0.25) is 15.9 Å². The number of nitrogens with zero attached hydrogens (tertiary/aromatic N) is 3. The number of likely N-dealkylation sites (tertiary alicyclic amines) is 1. The van der Waals surface area contributed by atoms with E-state index in [0.717, 1.165) is 12.8 Å². The number of sulfonamides is 1. The molecule has 2 N–H and O–H groups in total. The second-order valence-electron chi connectivity index (χ2n) is 6.96. The first-order valence-electron chi connectivity index (χ1n) is 8.19. The van der Waals surface area contributed by atoms with Gasteiger partial charge in [-0.3, -0.25) is 14.3 Å². The third-order valence-electron chi connectivity index (χ3n) is 5.30. The van der Waals surface area contributed by atoms with Crippen molar-refractivity contribution in [3.05, 3.63) is 12.4 Å². The van der Waals surface area contributed by atoms with Gasteiger partial charge in [0.05, 0.1) is 17.7 Å². The summed E-state index contributed by atoms with van der Waals surface area (Å²) in [5, 5.41) is 13.4. The van der Waals surface area contributed by atoms with E-state index in [1.54, 1.807) is 7.05 Å². The first-order chi connectivity index (χ1) is 11.7. The van der Waals surface area contributed by atoms with Crippen LogP contribution in [-0.4, -0.2) is 59.2 Å². The van der Waals surface area contributed by atoms with Crippen LogP contribution in [0.1, 0.15) is 26.2 Å². The van der Waals surface area contributed by atoms with Gasteiger partial charge >= 0.3 is 5.97 Å². The lowest BCUT2D eigenvalue weighted by Gasteiger charge is -2.25. The largest absolute Gasteiger partial charge is 0.481 e. The fourth-order valence-corrected chi connectivity index (χ4v) is 5.15. The van der Waals surface area contributed by atoms with E-state index < -0.39 is 33.4 Å². The molecule has 25 heavy (non-hydrogen) atoms. The number of amides is 1. The number of carbonyl (C=O) groups excluding carboxylic acids is 1. The Kier molecular flexibility index (Phi) is 4.36. The van der Waals surface area contributed by atoms with E-state index in [2.05, 4.69) is 9.82 Å². The van der Waals surface area contributed by atoms with Crippen molar-refractivity contribution >= 4 is 21.9 Å². The highest BCUT2D eigenvalue weighted by Gasteiger charge is 2.56. The van der Waals surface area contributed by atoms with Crippen LogP contribution in [-0.2, 0) is 26.7 Å². The number of hydrogen-bond donors (Lipinski definition) is 2. The van der Waals surface area contributed by atoms with Gasteiger partial charge in [-0.05, 0) is 25.7 Å². The molecule has 0 spiro atoms. The van der Waals surface area contributed by atoms with Gasteiger partial charge in [0.15, 0.2) is 0 Å². The highest BCUT2D eigenvalue weighted by atomic mass is 32.2. The Morgan fingerprint density at radius 3 is 2.76 bits per heavy atom. The summed E-state index contributed by atoms with van der Waals surface area (Å²) in [6.07, 6.45) is 4.75. The summed E-state index contributed by atoms with van der Waals surface area (Å²) in [7, 11) is -2.26. The van der Waals surface area contributed by atoms with Crippen LogP contribution < -0.4 is 4.72 Å². The minimum Gasteiger partial charge on any atom is -0.481 e. The van der Waals surface area contributed by atoms with E-state index in [0.29, 0.717) is 13.0 Å². The fourth-order valence-electron chi connectivity index (χ4n) is 3.97. The van der Waals surface area contributed by atoms with Gasteiger partial charge in [-0.25, -0.2) is 8.42 Å². The Labute approximate surface area is 146 Å². The van der Waals surface area contributed by atoms with Gasteiger partial charge in [0, 0.05) is 26.3 Å². The summed E-state index contributed by atoms with van der Waals surface area (Å²) >= 11 is 0. The number of carbonyl (C=O) groups is 2. The van der Waals surface area contributed by atoms with Crippen LogP contribution in [0.2, 0.25) is 0 Å². The molecule has 1 amide bonds. The number of aromatic nitrogens is 2. The maximum absolute atomic E-state index is 12.6. The molecular weight excluding hydrogens is 348 g/mol. The number of carboxylic acid groups (broad SMARTS) is 1. The van der Waals surface area contributed by atoms with E-state index in [1.165, 1.54) is 28.9 Å². The van der Waals surface area contributed by atoms with Gasteiger partial charge in [-0.15, -0.1) is 0 Å². The van der Waals surface area contributed by atoms with Gasteiger partial charge in [-0.2, -0.15) is 9.82 Å². The van der Waals surface area contributed by atoms with Crippen molar-refractivity contribution in [1.82, 2.24) is 19.4 Å². The van der Waals surface area contributed by atoms with E-state index in [-0.39, 0.29) is 17.4 Å². The lowest BCUT2D eigenvalue weighted by atomic mass is 9.81. The molecule has 2 heterocycles. The summed E-state index contributed by atoms with van der Waals surface area (Å²) in [4.78, 5) is 25.8. The normalized spacial score (nSPS) is 27.3. The van der Waals surface area contributed by atoms with E-state index in [4.69, 9.17) is 0 Å². The Balaban J connectivity index is 1.70. The zero-order valence-electron chi connectivity index (χ0n) is 14.2. The van der Waals surface area contributed by atoms with Crippen LogP contribution in [0, 0.1) is 11.3 Å². The fraction of sp³-hybridized carbons (Fsp3) is 0.667. The molecule has 138 valence electrons. The molecule has 2 aliphatic rings. The minimum absolute atomic E-state index is 0.0186. The van der Waals surface area contributed by atoms with Crippen LogP contribution in [0.3, 0.4) is 0 Å². The molecule has 1 saturated heterocycles. The highest BCUT2D eigenvalue weighted by molar-refractivity contribution is 7.89. The number of aliphatic carboxylic acids is 1. The monoisotopic (exact) mass is 370 g/mol. The molecule has 2 fully saturated rings. The Bertz CT molecular complexity index is 805. The van der Waals surface area contributed by atoms with Crippen LogP contribution in [0.4, 0.5) is 0 Å². The SMILES string of the molecule is CC(NS(=O)(=O)c1cnn(C)c1)C(=O)N1C[C@@H]2CCC[C@@]2(C(=O)O)C1. The third-order valence-corrected chi connectivity index (χ3v) is 6.80. The molecule has 1 aromatic heterocycles. The van der Waals surface area contributed by atoms with Crippen molar-refractivity contribution in [2.24, 2.45) is 18.4 Å². The average Bonchev–Trinajstić information content (AvgIpc) is 3.19. The standard InChI is InChI=1S/C15H22N4O5S/c1-10(17-25(23,24)12-6-16-18(2)8-12)13(20)19-7-11-4-3-5-15(11,9-19)14(21)22/h6,8,10-11,17H,3-5,7,9H2,1-2H3,(H,21,22)/t10?,11-,15+/m0/s1. The molecule has 9 nitrogen and oxygen atoms in total. The topological polar surface area (TPSA) is 122 Å². The summed E-state index contributed by atoms with van der Waals surface area (Å²) in [6, 6.07) is -0.977. The summed E-state index contributed by atoms with van der Waals surface area (Å²) < 4.78 is 28.3. The highest BCUT2D eigenvalue weighted by Crippen LogP contribution is 2.48. The first-order valence-corrected chi connectivity index (χ1v) is 9.67. The molecule has 1 aromatic rings. The van der Waals surface area contributed by atoms with Gasteiger partial charge in [0.1, 0.15) is 4.90 Å². The Morgan fingerprint density at radius 2 is 2.20 bits per heavy atom. The number of rotatable bonds is 5. The van der Waals surface area contributed by atoms with E-state index in [1.807, 2.05) is 0 Å². The predicted molar refractivity (Wildman–Crippen MR) is 87.0 cm³/mol. The lowest BCUT2D eigenvalue weighted by Crippen LogP contribution is -2.47. The van der Waals surface area contributed by atoms with Crippen molar-refractivity contribution < 1.29 is 23.1 Å². The van der Waals surface area contributed by atoms with E-state index >= 15 is 0 Å². The molecule has 1 aliphatic carbocycles. The van der Waals surface area contributed by atoms with Crippen LogP contribution in [0.15, 0.2) is 17.3 Å². The van der Waals surface area contributed by atoms with Crippen LogP contribution in [0.5, 0.6) is 0 Å². The molecule has 3 rings (SSSR count). The lowest BCUT2D eigenvalue weighted by molar-refractivity contribution is -0.149. The zero-order valence-corrected chi connectivity index (χ0v) is 15.0. The quantitative estimate of drug-likeness (QED) is 0.740. The number of hydrogen-bond acceptors (Lipinski definition) is 5. The molecule has 0 bridgehead atoms. The molecule has 10 heteroatoms. The number of nitrogens with one attached hydrogen (secondary N) is 1. The summed E-state index contributed by atoms with van der Waals surface area (Å²) in [6.45, 7) is 1.98. The zero-order chi connectivity index (χ0) is 18.4. The first kappa shape index (κ1) is 17.9. The van der Waals surface area contributed by atoms with E-state index in [9.17, 15) is 23.1 Å².